The van der Waals surface area contributed by atoms with Gasteiger partial charge >= 0.3 is 0 Å². The Kier molecular flexibility index (Phi) is 5.59. The third-order valence-electron chi connectivity index (χ3n) is 5.38. The largest absolute Gasteiger partial charge is 0.352 e. The molecule has 4 rings (SSSR count). The summed E-state index contributed by atoms with van der Waals surface area (Å²) >= 11 is 0. The molecule has 0 spiro atoms. The summed E-state index contributed by atoms with van der Waals surface area (Å²) in [5.41, 5.74) is 6.43. The van der Waals surface area contributed by atoms with Crippen LogP contribution in [0.15, 0.2) is 42.6 Å². The number of fused-ring (bicyclic) bond motifs is 1. The van der Waals surface area contributed by atoms with Crippen molar-refractivity contribution in [3.63, 3.8) is 0 Å². The monoisotopic (exact) mass is 416 g/mol. The zero-order chi connectivity index (χ0) is 22.1. The molecule has 7 heteroatoms. The van der Waals surface area contributed by atoms with E-state index in [0.29, 0.717) is 17.8 Å². The fourth-order valence-electron chi connectivity index (χ4n) is 3.78. The van der Waals surface area contributed by atoms with Crippen LogP contribution >= 0.6 is 0 Å². The molecule has 0 fully saturated rings. The lowest BCUT2D eigenvalue weighted by molar-refractivity contribution is 0.0953. The third kappa shape index (κ3) is 4.21. The number of aromatic nitrogens is 5. The Bertz CT molecular complexity index is 1230. The van der Waals surface area contributed by atoms with Crippen molar-refractivity contribution in [2.75, 3.05) is 6.54 Å². The number of carbonyl (C=O) groups excluding carboxylic acids is 1. The minimum atomic E-state index is -0.108. The van der Waals surface area contributed by atoms with E-state index in [1.54, 1.807) is 6.20 Å². The van der Waals surface area contributed by atoms with Crippen LogP contribution in [-0.2, 0) is 6.42 Å². The fraction of sp³-hybridized carbons (Fsp3) is 0.333. The van der Waals surface area contributed by atoms with Crippen LogP contribution in [0.25, 0.3) is 16.7 Å². The second-order valence-corrected chi connectivity index (χ2v) is 8.23. The van der Waals surface area contributed by atoms with Crippen LogP contribution in [0, 0.1) is 20.8 Å². The van der Waals surface area contributed by atoms with Gasteiger partial charge in [0.05, 0.1) is 28.8 Å². The summed E-state index contributed by atoms with van der Waals surface area (Å²) in [6.45, 7) is 10.6. The molecular weight excluding hydrogens is 388 g/mol. The molecular formula is C24H28N6O. The summed E-state index contributed by atoms with van der Waals surface area (Å²) in [5.74, 6) is -0.108. The summed E-state index contributed by atoms with van der Waals surface area (Å²) in [7, 11) is 0. The number of benzene rings is 1. The lowest BCUT2D eigenvalue weighted by atomic mass is 10.1. The summed E-state index contributed by atoms with van der Waals surface area (Å²) in [6.07, 6.45) is 2.52. The first-order valence-electron chi connectivity index (χ1n) is 10.6. The van der Waals surface area contributed by atoms with E-state index in [1.807, 2.05) is 36.2 Å². The molecule has 1 aromatic carbocycles. The van der Waals surface area contributed by atoms with Crippen LogP contribution in [0.4, 0.5) is 0 Å². The molecule has 0 atom stereocenters. The number of hydrogen-bond donors (Lipinski definition) is 1. The highest BCUT2D eigenvalue weighted by Gasteiger charge is 2.15. The quantitative estimate of drug-likeness (QED) is 0.513. The van der Waals surface area contributed by atoms with Crippen molar-refractivity contribution in [1.29, 1.82) is 0 Å². The van der Waals surface area contributed by atoms with Crippen LogP contribution in [0.3, 0.4) is 0 Å². The molecule has 4 aromatic rings. The van der Waals surface area contributed by atoms with Crippen molar-refractivity contribution in [2.24, 2.45) is 0 Å². The maximum absolute atomic E-state index is 12.7. The van der Waals surface area contributed by atoms with Gasteiger partial charge in [0, 0.05) is 23.7 Å². The number of rotatable bonds is 6. The van der Waals surface area contributed by atoms with Crippen molar-refractivity contribution in [2.45, 2.75) is 47.1 Å². The number of aryl methyl sites for hydroxylation is 3. The maximum atomic E-state index is 12.7. The smallest absolute Gasteiger partial charge is 0.253 e. The highest BCUT2D eigenvalue weighted by molar-refractivity contribution is 5.98. The second-order valence-electron chi connectivity index (χ2n) is 8.23. The molecule has 1 N–H and O–H groups in total. The summed E-state index contributed by atoms with van der Waals surface area (Å²) in [6, 6.07) is 12.4. The molecule has 0 bridgehead atoms. The topological polar surface area (TPSA) is 77.6 Å². The van der Waals surface area contributed by atoms with E-state index in [0.717, 1.165) is 40.1 Å². The Morgan fingerprint density at radius 1 is 1.10 bits per heavy atom. The molecule has 31 heavy (non-hydrogen) atoms. The zero-order valence-corrected chi connectivity index (χ0v) is 18.7. The molecule has 0 aliphatic heterocycles. The van der Waals surface area contributed by atoms with Crippen LogP contribution in [0.2, 0.25) is 0 Å². The first kappa shape index (κ1) is 20.8. The van der Waals surface area contributed by atoms with Gasteiger partial charge in [-0.1, -0.05) is 12.1 Å². The van der Waals surface area contributed by atoms with Crippen molar-refractivity contribution < 1.29 is 4.79 Å². The predicted octanol–water partition coefficient (Wildman–Crippen LogP) is 4.10. The number of nitrogens with one attached hydrogen (secondary N) is 1. The van der Waals surface area contributed by atoms with Crippen LogP contribution in [0.5, 0.6) is 0 Å². The summed E-state index contributed by atoms with van der Waals surface area (Å²) < 4.78 is 3.81. The SMILES string of the molecule is Cc1cc(C)n(-c2ccc(CCNC(=O)c3cc4cnn(C(C)C)c4nc3C)cc2)n1. The average Bonchev–Trinajstić information content (AvgIpc) is 3.29. The van der Waals surface area contributed by atoms with Gasteiger partial charge in [-0.2, -0.15) is 10.2 Å². The highest BCUT2D eigenvalue weighted by atomic mass is 16.1. The molecule has 0 saturated carbocycles. The van der Waals surface area contributed by atoms with Gasteiger partial charge in [-0.15, -0.1) is 0 Å². The number of pyridine rings is 1. The Hall–Kier alpha value is -3.48. The molecule has 0 radical (unpaired) electrons. The highest BCUT2D eigenvalue weighted by Crippen LogP contribution is 2.19. The molecule has 160 valence electrons. The number of carbonyl (C=O) groups is 1. The Balaban J connectivity index is 1.40. The van der Waals surface area contributed by atoms with Gasteiger partial charge in [0.25, 0.3) is 5.91 Å². The van der Waals surface area contributed by atoms with Gasteiger partial charge in [0.1, 0.15) is 0 Å². The molecule has 1 amide bonds. The lowest BCUT2D eigenvalue weighted by Gasteiger charge is -2.10. The fourth-order valence-corrected chi connectivity index (χ4v) is 3.78. The number of amides is 1. The minimum Gasteiger partial charge on any atom is -0.352 e. The van der Waals surface area contributed by atoms with Crippen LogP contribution in [-0.4, -0.2) is 37.0 Å². The molecule has 7 nitrogen and oxygen atoms in total. The summed E-state index contributed by atoms with van der Waals surface area (Å²) in [5, 5.41) is 12.8. The molecule has 3 heterocycles. The first-order chi connectivity index (χ1) is 14.8. The van der Waals surface area contributed by atoms with Crippen molar-refractivity contribution >= 4 is 16.9 Å². The zero-order valence-electron chi connectivity index (χ0n) is 18.7. The van der Waals surface area contributed by atoms with Gasteiger partial charge in [-0.3, -0.25) is 4.79 Å². The van der Waals surface area contributed by atoms with Gasteiger partial charge in [-0.05, 0) is 70.9 Å². The van der Waals surface area contributed by atoms with E-state index in [-0.39, 0.29) is 11.9 Å². The van der Waals surface area contributed by atoms with E-state index in [2.05, 4.69) is 64.7 Å². The van der Waals surface area contributed by atoms with E-state index in [4.69, 9.17) is 0 Å². The van der Waals surface area contributed by atoms with E-state index < -0.39 is 0 Å². The predicted molar refractivity (Wildman–Crippen MR) is 122 cm³/mol. The molecule has 3 aromatic heterocycles. The van der Waals surface area contributed by atoms with Crippen LogP contribution < -0.4 is 5.32 Å². The lowest BCUT2D eigenvalue weighted by Crippen LogP contribution is -2.26. The molecule has 0 aliphatic carbocycles. The molecule has 0 aliphatic rings. The number of hydrogen-bond acceptors (Lipinski definition) is 4. The van der Waals surface area contributed by atoms with Gasteiger partial charge in [-0.25, -0.2) is 14.3 Å². The van der Waals surface area contributed by atoms with Gasteiger partial charge in [0.2, 0.25) is 0 Å². The minimum absolute atomic E-state index is 0.108. The third-order valence-corrected chi connectivity index (χ3v) is 5.38. The standard InChI is InChI=1S/C24H28N6O/c1-15(2)29-23-20(14-26-29)13-22(18(5)27-23)24(31)25-11-10-19-6-8-21(9-7-19)30-17(4)12-16(3)28-30/h6-9,12-15H,10-11H2,1-5H3,(H,25,31). The molecule has 0 unspecified atom stereocenters. The number of nitrogens with zero attached hydrogens (tertiary/aromatic N) is 5. The summed E-state index contributed by atoms with van der Waals surface area (Å²) in [4.78, 5) is 17.4. The average molecular weight is 417 g/mol. The molecule has 0 saturated heterocycles. The van der Waals surface area contributed by atoms with E-state index in [1.165, 1.54) is 0 Å². The van der Waals surface area contributed by atoms with Crippen LogP contribution in [0.1, 0.15) is 52.9 Å². The van der Waals surface area contributed by atoms with Crippen molar-refractivity contribution in [3.05, 3.63) is 70.8 Å². The van der Waals surface area contributed by atoms with E-state index in [9.17, 15) is 4.79 Å². The van der Waals surface area contributed by atoms with Crippen molar-refractivity contribution in [1.82, 2.24) is 29.9 Å². The Labute approximate surface area is 182 Å². The maximum Gasteiger partial charge on any atom is 0.253 e. The van der Waals surface area contributed by atoms with Crippen molar-refractivity contribution in [3.8, 4) is 5.69 Å². The Morgan fingerprint density at radius 2 is 1.84 bits per heavy atom. The second kappa shape index (κ2) is 8.34. The van der Waals surface area contributed by atoms with Gasteiger partial charge < -0.3 is 5.32 Å². The first-order valence-corrected chi connectivity index (χ1v) is 10.6. The Morgan fingerprint density at radius 3 is 2.48 bits per heavy atom. The van der Waals surface area contributed by atoms with Gasteiger partial charge in [0.15, 0.2) is 5.65 Å². The normalized spacial score (nSPS) is 11.4. The van der Waals surface area contributed by atoms with E-state index >= 15 is 0 Å².